The number of likely N-dealkylation sites (tertiary alicyclic amines) is 1. The number of hydrogen-bond acceptors (Lipinski definition) is 4. The number of carbonyl (C=O) groups excluding carboxylic acids is 1. The van der Waals surface area contributed by atoms with Crippen molar-refractivity contribution in [2.75, 3.05) is 6.54 Å². The highest BCUT2D eigenvalue weighted by molar-refractivity contribution is 5.75. The lowest BCUT2D eigenvalue weighted by molar-refractivity contribution is 0.155. The number of hydrogen-bond donors (Lipinski definition) is 1. The van der Waals surface area contributed by atoms with Crippen molar-refractivity contribution < 1.29 is 9.18 Å². The average Bonchev–Trinajstić information content (AvgIpc) is 3.25. The second kappa shape index (κ2) is 6.94. The molecule has 1 saturated heterocycles. The summed E-state index contributed by atoms with van der Waals surface area (Å²) in [5, 5.41) is 7.21. The van der Waals surface area contributed by atoms with Gasteiger partial charge >= 0.3 is 6.03 Å². The zero-order valence-electron chi connectivity index (χ0n) is 15.1. The standard InChI is InChI=1S/C19H21FN6O/c1-19(12-14-4-6-15(20)7-5-14)8-2-10-25(19)18(27)22-13-16-23-17-21-9-3-11-26(17)24-16/h3-7,9,11H,2,8,10,12-13H2,1H3,(H,22,27). The van der Waals surface area contributed by atoms with Gasteiger partial charge in [0.1, 0.15) is 5.82 Å². The van der Waals surface area contributed by atoms with Crippen LogP contribution < -0.4 is 5.32 Å². The molecule has 0 saturated carbocycles. The molecular weight excluding hydrogens is 347 g/mol. The number of urea groups is 1. The number of rotatable bonds is 4. The predicted molar refractivity (Wildman–Crippen MR) is 97.5 cm³/mol. The lowest BCUT2D eigenvalue weighted by atomic mass is 9.90. The molecule has 0 spiro atoms. The van der Waals surface area contributed by atoms with Crippen LogP contribution in [0.1, 0.15) is 31.2 Å². The Kier molecular flexibility index (Phi) is 4.47. The first-order valence-electron chi connectivity index (χ1n) is 9.00. The van der Waals surface area contributed by atoms with E-state index in [0.717, 1.165) is 18.4 Å². The van der Waals surface area contributed by atoms with Crippen molar-refractivity contribution >= 4 is 11.8 Å². The number of fused-ring (bicyclic) bond motifs is 1. The Morgan fingerprint density at radius 3 is 2.93 bits per heavy atom. The Morgan fingerprint density at radius 2 is 2.15 bits per heavy atom. The smallest absolute Gasteiger partial charge is 0.318 e. The van der Waals surface area contributed by atoms with Crippen molar-refractivity contribution in [1.82, 2.24) is 29.8 Å². The number of halogens is 1. The molecule has 1 aliphatic heterocycles. The summed E-state index contributed by atoms with van der Waals surface area (Å²) in [5.74, 6) is 0.768. The van der Waals surface area contributed by atoms with E-state index in [-0.39, 0.29) is 23.9 Å². The number of amides is 2. The van der Waals surface area contributed by atoms with Crippen LogP contribution in [0.4, 0.5) is 9.18 Å². The first-order valence-corrected chi connectivity index (χ1v) is 9.00. The summed E-state index contributed by atoms with van der Waals surface area (Å²) in [6.07, 6.45) is 5.96. The van der Waals surface area contributed by atoms with Crippen molar-refractivity contribution in [1.29, 1.82) is 0 Å². The van der Waals surface area contributed by atoms with E-state index >= 15 is 0 Å². The van der Waals surface area contributed by atoms with Gasteiger partial charge in [-0.2, -0.15) is 4.98 Å². The average molecular weight is 368 g/mol. The summed E-state index contributed by atoms with van der Waals surface area (Å²) in [4.78, 5) is 23.1. The van der Waals surface area contributed by atoms with E-state index in [9.17, 15) is 9.18 Å². The van der Waals surface area contributed by atoms with Gasteiger partial charge in [-0.25, -0.2) is 18.7 Å². The summed E-state index contributed by atoms with van der Waals surface area (Å²) in [7, 11) is 0. The van der Waals surface area contributed by atoms with Gasteiger partial charge in [-0.1, -0.05) is 12.1 Å². The molecule has 2 amide bonds. The lowest BCUT2D eigenvalue weighted by Crippen LogP contribution is -2.50. The Bertz CT molecular complexity index is 923. The Balaban J connectivity index is 1.42. The van der Waals surface area contributed by atoms with Crippen LogP contribution in [0.5, 0.6) is 0 Å². The van der Waals surface area contributed by atoms with E-state index in [0.29, 0.717) is 24.6 Å². The van der Waals surface area contributed by atoms with Gasteiger partial charge in [0, 0.05) is 24.5 Å². The molecule has 3 heterocycles. The van der Waals surface area contributed by atoms with E-state index in [1.54, 1.807) is 35.1 Å². The third-order valence-electron chi connectivity index (χ3n) is 5.05. The molecule has 1 unspecified atom stereocenters. The Labute approximate surface area is 156 Å². The molecule has 8 heteroatoms. The molecule has 0 aliphatic carbocycles. The number of nitrogens with zero attached hydrogens (tertiary/aromatic N) is 5. The van der Waals surface area contributed by atoms with Gasteiger partial charge in [-0.05, 0) is 49.9 Å². The SMILES string of the molecule is CC1(Cc2ccc(F)cc2)CCCN1C(=O)NCc1nc2ncccn2n1. The summed E-state index contributed by atoms with van der Waals surface area (Å²) in [6, 6.07) is 8.12. The van der Waals surface area contributed by atoms with Gasteiger partial charge in [0.2, 0.25) is 0 Å². The van der Waals surface area contributed by atoms with Gasteiger partial charge in [-0.15, -0.1) is 5.10 Å². The number of benzene rings is 1. The van der Waals surface area contributed by atoms with Gasteiger partial charge in [-0.3, -0.25) is 0 Å². The predicted octanol–water partition coefficient (Wildman–Crippen LogP) is 2.57. The molecule has 1 N–H and O–H groups in total. The van der Waals surface area contributed by atoms with Gasteiger partial charge in [0.25, 0.3) is 5.78 Å². The van der Waals surface area contributed by atoms with Crippen LogP contribution in [-0.4, -0.2) is 42.6 Å². The summed E-state index contributed by atoms with van der Waals surface area (Å²) in [5.41, 5.74) is 0.724. The lowest BCUT2D eigenvalue weighted by Gasteiger charge is -2.35. The summed E-state index contributed by atoms with van der Waals surface area (Å²) in [6.45, 7) is 3.02. The van der Waals surface area contributed by atoms with Crippen LogP contribution >= 0.6 is 0 Å². The zero-order chi connectivity index (χ0) is 18.9. The minimum absolute atomic E-state index is 0.135. The minimum atomic E-state index is -0.296. The Morgan fingerprint density at radius 1 is 1.33 bits per heavy atom. The van der Waals surface area contributed by atoms with E-state index in [1.807, 2.05) is 4.90 Å². The quantitative estimate of drug-likeness (QED) is 0.768. The van der Waals surface area contributed by atoms with Crippen LogP contribution in [0.3, 0.4) is 0 Å². The third kappa shape index (κ3) is 3.60. The van der Waals surface area contributed by atoms with Crippen molar-refractivity contribution in [3.05, 3.63) is 59.9 Å². The number of nitrogens with one attached hydrogen (secondary N) is 1. The maximum absolute atomic E-state index is 13.1. The van der Waals surface area contributed by atoms with E-state index in [2.05, 4.69) is 27.3 Å². The van der Waals surface area contributed by atoms with Crippen molar-refractivity contribution in [3.8, 4) is 0 Å². The third-order valence-corrected chi connectivity index (χ3v) is 5.05. The van der Waals surface area contributed by atoms with Gasteiger partial charge in [0.15, 0.2) is 5.82 Å². The molecule has 0 bridgehead atoms. The highest BCUT2D eigenvalue weighted by atomic mass is 19.1. The molecule has 1 atom stereocenters. The first kappa shape index (κ1) is 17.4. The van der Waals surface area contributed by atoms with Crippen molar-refractivity contribution in [3.63, 3.8) is 0 Å². The van der Waals surface area contributed by atoms with Crippen LogP contribution in [-0.2, 0) is 13.0 Å². The van der Waals surface area contributed by atoms with Gasteiger partial charge < -0.3 is 10.2 Å². The topological polar surface area (TPSA) is 75.4 Å². The van der Waals surface area contributed by atoms with Crippen LogP contribution in [0, 0.1) is 5.82 Å². The van der Waals surface area contributed by atoms with E-state index in [4.69, 9.17) is 0 Å². The fraction of sp³-hybridized carbons (Fsp3) is 0.368. The van der Waals surface area contributed by atoms with Crippen molar-refractivity contribution in [2.24, 2.45) is 0 Å². The monoisotopic (exact) mass is 368 g/mol. The highest BCUT2D eigenvalue weighted by Gasteiger charge is 2.39. The maximum atomic E-state index is 13.1. The molecule has 140 valence electrons. The summed E-state index contributed by atoms with van der Waals surface area (Å²) < 4.78 is 14.7. The maximum Gasteiger partial charge on any atom is 0.318 e. The summed E-state index contributed by atoms with van der Waals surface area (Å²) >= 11 is 0. The second-order valence-electron chi connectivity index (χ2n) is 7.11. The molecule has 3 aromatic rings. The van der Waals surface area contributed by atoms with E-state index in [1.165, 1.54) is 12.1 Å². The van der Waals surface area contributed by atoms with E-state index < -0.39 is 0 Å². The van der Waals surface area contributed by atoms with Crippen LogP contribution in [0.25, 0.3) is 5.78 Å². The molecular formula is C19H21FN6O. The zero-order valence-corrected chi connectivity index (χ0v) is 15.1. The molecule has 2 aromatic heterocycles. The first-order chi connectivity index (χ1) is 13.0. The highest BCUT2D eigenvalue weighted by Crippen LogP contribution is 2.32. The number of carbonyl (C=O) groups is 1. The Hall–Kier alpha value is -3.03. The normalized spacial score (nSPS) is 19.6. The molecule has 1 aromatic carbocycles. The molecule has 0 radical (unpaired) electrons. The fourth-order valence-electron chi connectivity index (χ4n) is 3.70. The van der Waals surface area contributed by atoms with Crippen molar-refractivity contribution in [2.45, 2.75) is 38.3 Å². The van der Waals surface area contributed by atoms with Gasteiger partial charge in [0.05, 0.1) is 6.54 Å². The van der Waals surface area contributed by atoms with Crippen LogP contribution in [0.15, 0.2) is 42.7 Å². The molecule has 27 heavy (non-hydrogen) atoms. The molecule has 7 nitrogen and oxygen atoms in total. The molecule has 4 rings (SSSR count). The second-order valence-corrected chi connectivity index (χ2v) is 7.11. The molecule has 1 aliphatic rings. The minimum Gasteiger partial charge on any atom is -0.331 e. The largest absolute Gasteiger partial charge is 0.331 e. The fourth-order valence-corrected chi connectivity index (χ4v) is 3.70. The molecule has 1 fully saturated rings. The number of aromatic nitrogens is 4. The van der Waals surface area contributed by atoms with Crippen LogP contribution in [0.2, 0.25) is 0 Å².